The lowest BCUT2D eigenvalue weighted by Crippen LogP contribution is -2.18. The maximum atomic E-state index is 13.0. The minimum Gasteiger partial charge on any atom is -0.366 e. The second kappa shape index (κ2) is 4.92. The van der Waals surface area contributed by atoms with Gasteiger partial charge in [0.1, 0.15) is 0 Å². The van der Waals surface area contributed by atoms with E-state index in [2.05, 4.69) is 4.98 Å². The summed E-state index contributed by atoms with van der Waals surface area (Å²) in [7, 11) is 0. The average molecular weight is 284 g/mol. The summed E-state index contributed by atoms with van der Waals surface area (Å²) in [4.78, 5) is 14.3. The first-order valence-corrected chi connectivity index (χ1v) is 5.42. The third-order valence-corrected chi connectivity index (χ3v) is 2.65. The van der Waals surface area contributed by atoms with Crippen molar-refractivity contribution in [2.75, 3.05) is 0 Å². The van der Waals surface area contributed by atoms with Crippen molar-refractivity contribution >= 4 is 5.91 Å². The van der Waals surface area contributed by atoms with Gasteiger partial charge in [-0.15, -0.1) is 0 Å². The minimum atomic E-state index is -4.73. The van der Waals surface area contributed by atoms with Gasteiger partial charge in [0, 0.05) is 12.3 Å². The first-order valence-electron chi connectivity index (χ1n) is 5.42. The Labute approximate surface area is 111 Å². The van der Waals surface area contributed by atoms with E-state index >= 15 is 0 Å². The summed E-state index contributed by atoms with van der Waals surface area (Å²) in [6, 6.07) is 5.36. The number of alkyl halides is 3. The van der Waals surface area contributed by atoms with Crippen molar-refractivity contribution in [3.63, 3.8) is 0 Å². The summed E-state index contributed by atoms with van der Waals surface area (Å²) in [5, 5.41) is 0. The molecule has 7 heteroatoms. The van der Waals surface area contributed by atoms with E-state index in [1.165, 1.54) is 12.1 Å². The zero-order valence-corrected chi connectivity index (χ0v) is 9.91. The first-order chi connectivity index (χ1) is 9.29. The van der Waals surface area contributed by atoms with Crippen molar-refractivity contribution in [2.24, 2.45) is 5.73 Å². The molecule has 20 heavy (non-hydrogen) atoms. The molecule has 0 unspecified atom stereocenters. The average Bonchev–Trinajstić information content (AvgIpc) is 2.37. The lowest BCUT2D eigenvalue weighted by Gasteiger charge is -2.12. The minimum absolute atomic E-state index is 0.114. The highest BCUT2D eigenvalue weighted by Gasteiger charge is 2.35. The van der Waals surface area contributed by atoms with Crippen molar-refractivity contribution in [2.45, 2.75) is 6.18 Å². The predicted octanol–water partition coefficient (Wildman–Crippen LogP) is 3.01. The lowest BCUT2D eigenvalue weighted by molar-refractivity contribution is -0.137. The van der Waals surface area contributed by atoms with Crippen LogP contribution in [0.1, 0.15) is 15.9 Å². The maximum absolute atomic E-state index is 13.0. The van der Waals surface area contributed by atoms with Gasteiger partial charge in [0.2, 0.25) is 11.9 Å². The van der Waals surface area contributed by atoms with Crippen molar-refractivity contribution in [3.8, 4) is 11.1 Å². The molecule has 0 fully saturated rings. The highest BCUT2D eigenvalue weighted by atomic mass is 19.4. The molecule has 0 aliphatic heterocycles. The molecule has 0 bridgehead atoms. The number of hydrogen-bond acceptors (Lipinski definition) is 2. The van der Waals surface area contributed by atoms with Crippen molar-refractivity contribution in [1.82, 2.24) is 4.98 Å². The van der Waals surface area contributed by atoms with Crippen LogP contribution in [0, 0.1) is 5.95 Å². The van der Waals surface area contributed by atoms with Crippen LogP contribution in [0.4, 0.5) is 17.6 Å². The second-order valence-corrected chi connectivity index (χ2v) is 3.99. The Morgan fingerprint density at radius 3 is 2.30 bits per heavy atom. The Hall–Kier alpha value is -2.44. The van der Waals surface area contributed by atoms with E-state index in [0.717, 1.165) is 24.4 Å². The number of nitrogens with two attached hydrogens (primary N) is 1. The maximum Gasteiger partial charge on any atom is 0.417 e. The van der Waals surface area contributed by atoms with E-state index in [-0.39, 0.29) is 11.1 Å². The number of nitrogens with zero attached hydrogens (tertiary/aromatic N) is 1. The van der Waals surface area contributed by atoms with Crippen LogP contribution in [0.3, 0.4) is 0 Å². The van der Waals surface area contributed by atoms with Crippen molar-refractivity contribution in [3.05, 3.63) is 53.6 Å². The molecule has 0 saturated heterocycles. The van der Waals surface area contributed by atoms with Gasteiger partial charge in [-0.05, 0) is 29.3 Å². The molecule has 104 valence electrons. The van der Waals surface area contributed by atoms with Gasteiger partial charge in [0.25, 0.3) is 0 Å². The Morgan fingerprint density at radius 2 is 1.75 bits per heavy atom. The van der Waals surface area contributed by atoms with Crippen LogP contribution in [0.5, 0.6) is 0 Å². The summed E-state index contributed by atoms with van der Waals surface area (Å²) < 4.78 is 51.7. The lowest BCUT2D eigenvalue weighted by atomic mass is 9.99. The number of aromatic nitrogens is 1. The highest BCUT2D eigenvalue weighted by molar-refractivity contribution is 5.95. The zero-order chi connectivity index (χ0) is 14.9. The molecule has 0 aliphatic rings. The largest absolute Gasteiger partial charge is 0.417 e. The zero-order valence-electron chi connectivity index (χ0n) is 9.91. The van der Waals surface area contributed by atoms with E-state index in [0.29, 0.717) is 0 Å². The molecule has 2 rings (SSSR count). The van der Waals surface area contributed by atoms with Crippen LogP contribution in [0.25, 0.3) is 11.1 Å². The van der Waals surface area contributed by atoms with Gasteiger partial charge < -0.3 is 5.73 Å². The normalized spacial score (nSPS) is 11.4. The fourth-order valence-electron chi connectivity index (χ4n) is 1.76. The first kappa shape index (κ1) is 14.0. The number of amides is 1. The highest BCUT2D eigenvalue weighted by Crippen LogP contribution is 2.34. The van der Waals surface area contributed by atoms with Crippen LogP contribution in [-0.4, -0.2) is 10.9 Å². The van der Waals surface area contributed by atoms with E-state index < -0.39 is 29.2 Å². The Morgan fingerprint density at radius 1 is 1.10 bits per heavy atom. The third kappa shape index (κ3) is 2.76. The van der Waals surface area contributed by atoms with Crippen LogP contribution in [0.2, 0.25) is 0 Å². The van der Waals surface area contributed by atoms with Crippen molar-refractivity contribution in [1.29, 1.82) is 0 Å². The van der Waals surface area contributed by atoms with Crippen molar-refractivity contribution < 1.29 is 22.4 Å². The van der Waals surface area contributed by atoms with Gasteiger partial charge in [0.05, 0.1) is 11.1 Å². The number of primary amides is 1. The fourth-order valence-corrected chi connectivity index (χ4v) is 1.76. The number of halogens is 4. The molecule has 0 aliphatic carbocycles. The molecule has 1 aromatic heterocycles. The summed E-state index contributed by atoms with van der Waals surface area (Å²) in [5.74, 6) is -1.99. The Kier molecular flexibility index (Phi) is 3.44. The van der Waals surface area contributed by atoms with Gasteiger partial charge in [-0.1, -0.05) is 6.07 Å². The molecule has 3 nitrogen and oxygen atoms in total. The third-order valence-electron chi connectivity index (χ3n) is 2.65. The van der Waals surface area contributed by atoms with Gasteiger partial charge in [-0.3, -0.25) is 4.79 Å². The molecular weight excluding hydrogens is 276 g/mol. The fraction of sp³-hybridized carbons (Fsp3) is 0.0769. The monoisotopic (exact) mass is 284 g/mol. The van der Waals surface area contributed by atoms with E-state index in [4.69, 9.17) is 5.73 Å². The molecule has 2 aromatic rings. The standard InChI is InChI=1S/C13H8F4N2O/c14-11-6-8(3-4-19-11)7-1-2-9(12(18)20)10(5-7)13(15,16)17/h1-6H,(H2,18,20). The molecule has 1 aromatic carbocycles. The number of benzene rings is 1. The number of carbonyl (C=O) groups excluding carboxylic acids is 1. The second-order valence-electron chi connectivity index (χ2n) is 3.99. The predicted molar refractivity (Wildman–Crippen MR) is 63.2 cm³/mol. The number of rotatable bonds is 2. The smallest absolute Gasteiger partial charge is 0.366 e. The summed E-state index contributed by atoms with van der Waals surface area (Å²) in [6.07, 6.45) is -3.59. The van der Waals surface area contributed by atoms with Gasteiger partial charge >= 0.3 is 6.18 Å². The summed E-state index contributed by atoms with van der Waals surface area (Å²) in [6.45, 7) is 0. The molecule has 1 amide bonds. The number of pyridine rings is 1. The molecule has 0 saturated carbocycles. The molecule has 0 radical (unpaired) electrons. The van der Waals surface area contributed by atoms with Crippen LogP contribution < -0.4 is 5.73 Å². The van der Waals surface area contributed by atoms with Gasteiger partial charge in [-0.2, -0.15) is 17.6 Å². The van der Waals surface area contributed by atoms with Crippen LogP contribution in [0.15, 0.2) is 36.5 Å². The topological polar surface area (TPSA) is 56.0 Å². The molecule has 2 N–H and O–H groups in total. The number of carbonyl (C=O) groups is 1. The Bertz CT molecular complexity index is 668. The molecule has 0 spiro atoms. The van der Waals surface area contributed by atoms with E-state index in [9.17, 15) is 22.4 Å². The molecular formula is C13H8F4N2O. The van der Waals surface area contributed by atoms with E-state index in [1.807, 2.05) is 0 Å². The number of hydrogen-bond donors (Lipinski definition) is 1. The van der Waals surface area contributed by atoms with Gasteiger partial charge in [-0.25, -0.2) is 4.98 Å². The quantitative estimate of drug-likeness (QED) is 0.680. The van der Waals surface area contributed by atoms with Crippen LogP contribution in [-0.2, 0) is 6.18 Å². The summed E-state index contributed by atoms with van der Waals surface area (Å²) in [5.41, 5.74) is 3.47. The van der Waals surface area contributed by atoms with Gasteiger partial charge in [0.15, 0.2) is 0 Å². The van der Waals surface area contributed by atoms with Crippen LogP contribution >= 0.6 is 0 Å². The SMILES string of the molecule is NC(=O)c1ccc(-c2ccnc(F)c2)cc1C(F)(F)F. The molecule has 0 atom stereocenters. The Balaban J connectivity index is 2.61. The summed E-state index contributed by atoms with van der Waals surface area (Å²) >= 11 is 0. The molecule has 1 heterocycles. The van der Waals surface area contributed by atoms with E-state index in [1.54, 1.807) is 0 Å².